The number of amides is 1. The van der Waals surface area contributed by atoms with E-state index in [9.17, 15) is 4.79 Å². The lowest BCUT2D eigenvalue weighted by atomic mass is 9.96. The Morgan fingerprint density at radius 3 is 1.83 bits per heavy atom. The smallest absolute Gasteiger partial charge is 0.408 e. The molecule has 0 saturated carbocycles. The minimum atomic E-state index is -0.459. The lowest BCUT2D eigenvalue weighted by molar-refractivity contribution is 0.0471. The zero-order valence-electron chi connectivity index (χ0n) is 13.2. The van der Waals surface area contributed by atoms with E-state index in [2.05, 4.69) is 31.4 Å². The van der Waals surface area contributed by atoms with E-state index < -0.39 is 5.60 Å². The molecule has 0 unspecified atom stereocenters. The highest BCUT2D eigenvalue weighted by Gasteiger charge is 2.24. The molecular formula is C14H30N2O2. The van der Waals surface area contributed by atoms with Gasteiger partial charge in [0.15, 0.2) is 0 Å². The van der Waals surface area contributed by atoms with Gasteiger partial charge in [-0.05, 0) is 40.0 Å². The summed E-state index contributed by atoms with van der Waals surface area (Å²) in [5.74, 6) is 0. The summed E-state index contributed by atoms with van der Waals surface area (Å²) in [5.41, 5.74) is -0.547. The number of alkyl carbamates (subject to hydrolysis) is 1. The second-order valence-electron chi connectivity index (χ2n) is 7.67. The number of rotatable bonds is 4. The van der Waals surface area contributed by atoms with E-state index in [0.29, 0.717) is 6.54 Å². The van der Waals surface area contributed by atoms with Crippen LogP contribution in [0.3, 0.4) is 0 Å². The molecule has 1 amide bonds. The van der Waals surface area contributed by atoms with Crippen LogP contribution in [0.25, 0.3) is 0 Å². The van der Waals surface area contributed by atoms with Gasteiger partial charge in [-0.15, -0.1) is 0 Å². The third-order valence-electron chi connectivity index (χ3n) is 2.06. The van der Waals surface area contributed by atoms with Gasteiger partial charge in [0, 0.05) is 13.1 Å². The summed E-state index contributed by atoms with van der Waals surface area (Å²) in [4.78, 5) is 11.7. The maximum absolute atomic E-state index is 11.7. The minimum Gasteiger partial charge on any atom is -0.444 e. The Morgan fingerprint density at radius 2 is 1.44 bits per heavy atom. The SMILES string of the molecule is CC(C)(C)CNCC(C)(C)NC(=O)OC(C)(C)C. The molecule has 2 N–H and O–H groups in total. The molecule has 108 valence electrons. The Bertz CT molecular complexity index is 272. The molecule has 0 aromatic heterocycles. The van der Waals surface area contributed by atoms with Gasteiger partial charge in [-0.2, -0.15) is 0 Å². The molecule has 4 heteroatoms. The molecule has 0 saturated heterocycles. The Hall–Kier alpha value is -0.770. The molecular weight excluding hydrogens is 228 g/mol. The Balaban J connectivity index is 4.11. The number of carbonyl (C=O) groups excluding carboxylic acids is 1. The van der Waals surface area contributed by atoms with E-state index >= 15 is 0 Å². The summed E-state index contributed by atoms with van der Waals surface area (Å²) in [6, 6.07) is 0. The largest absolute Gasteiger partial charge is 0.444 e. The van der Waals surface area contributed by atoms with Crippen molar-refractivity contribution in [3.8, 4) is 0 Å². The Kier molecular flexibility index (Phi) is 5.66. The van der Waals surface area contributed by atoms with Crippen LogP contribution in [0.5, 0.6) is 0 Å². The molecule has 0 bridgehead atoms. The monoisotopic (exact) mass is 258 g/mol. The van der Waals surface area contributed by atoms with Gasteiger partial charge in [0.2, 0.25) is 0 Å². The van der Waals surface area contributed by atoms with Gasteiger partial charge in [0.05, 0.1) is 5.54 Å². The number of carbonyl (C=O) groups is 1. The molecule has 18 heavy (non-hydrogen) atoms. The first-order chi connectivity index (χ1) is 7.81. The van der Waals surface area contributed by atoms with Crippen LogP contribution in [0.2, 0.25) is 0 Å². The van der Waals surface area contributed by atoms with Crippen molar-refractivity contribution in [2.75, 3.05) is 13.1 Å². The maximum Gasteiger partial charge on any atom is 0.408 e. The molecule has 4 nitrogen and oxygen atoms in total. The van der Waals surface area contributed by atoms with Crippen LogP contribution in [0.1, 0.15) is 55.4 Å². The van der Waals surface area contributed by atoms with Gasteiger partial charge < -0.3 is 15.4 Å². The molecule has 0 aromatic carbocycles. The standard InChI is InChI=1S/C14H30N2O2/c1-12(2,3)9-15-10-14(7,8)16-11(17)18-13(4,5)6/h15H,9-10H2,1-8H3,(H,16,17). The predicted octanol–water partition coefficient (Wildman–Crippen LogP) is 2.93. The van der Waals surface area contributed by atoms with E-state index in [1.807, 2.05) is 34.6 Å². The van der Waals surface area contributed by atoms with Crippen LogP contribution in [0, 0.1) is 5.41 Å². The predicted molar refractivity (Wildman–Crippen MR) is 75.8 cm³/mol. The molecule has 0 spiro atoms. The van der Waals surface area contributed by atoms with Crippen LogP contribution in [0.15, 0.2) is 0 Å². The van der Waals surface area contributed by atoms with E-state index in [1.165, 1.54) is 0 Å². The van der Waals surface area contributed by atoms with Crippen molar-refractivity contribution in [3.63, 3.8) is 0 Å². The van der Waals surface area contributed by atoms with Crippen molar-refractivity contribution in [1.29, 1.82) is 0 Å². The first-order valence-electron chi connectivity index (χ1n) is 6.53. The number of nitrogens with one attached hydrogen (secondary N) is 2. The minimum absolute atomic E-state index is 0.238. The van der Waals surface area contributed by atoms with Crippen LogP contribution in [-0.2, 0) is 4.74 Å². The maximum atomic E-state index is 11.7. The molecule has 0 aromatic rings. The number of hydrogen-bond donors (Lipinski definition) is 2. The van der Waals surface area contributed by atoms with Gasteiger partial charge in [0.25, 0.3) is 0 Å². The Labute approximate surface area is 112 Å². The highest BCUT2D eigenvalue weighted by molar-refractivity contribution is 5.68. The summed E-state index contributed by atoms with van der Waals surface area (Å²) in [6.07, 6.45) is -0.370. The average molecular weight is 258 g/mol. The van der Waals surface area contributed by atoms with Crippen molar-refractivity contribution in [1.82, 2.24) is 10.6 Å². The van der Waals surface area contributed by atoms with Crippen molar-refractivity contribution < 1.29 is 9.53 Å². The quantitative estimate of drug-likeness (QED) is 0.815. The third-order valence-corrected chi connectivity index (χ3v) is 2.06. The normalized spacial score (nSPS) is 13.3. The molecule has 0 atom stereocenters. The molecule has 0 aliphatic heterocycles. The highest BCUT2D eigenvalue weighted by atomic mass is 16.6. The van der Waals surface area contributed by atoms with Crippen LogP contribution in [0.4, 0.5) is 4.79 Å². The number of hydrogen-bond acceptors (Lipinski definition) is 3. The van der Waals surface area contributed by atoms with Crippen LogP contribution >= 0.6 is 0 Å². The van der Waals surface area contributed by atoms with Crippen LogP contribution < -0.4 is 10.6 Å². The zero-order chi connectivity index (χ0) is 14.6. The second kappa shape index (κ2) is 5.91. The third kappa shape index (κ3) is 10.4. The van der Waals surface area contributed by atoms with Crippen molar-refractivity contribution in [2.45, 2.75) is 66.5 Å². The van der Waals surface area contributed by atoms with E-state index in [1.54, 1.807) is 0 Å². The molecule has 0 fully saturated rings. The van der Waals surface area contributed by atoms with Gasteiger partial charge in [0.1, 0.15) is 5.60 Å². The second-order valence-corrected chi connectivity index (χ2v) is 7.67. The lowest BCUT2D eigenvalue weighted by Gasteiger charge is -2.30. The zero-order valence-corrected chi connectivity index (χ0v) is 13.2. The molecule has 0 rings (SSSR count). The topological polar surface area (TPSA) is 50.4 Å². The summed E-state index contributed by atoms with van der Waals surface area (Å²) < 4.78 is 5.24. The van der Waals surface area contributed by atoms with Gasteiger partial charge in [-0.25, -0.2) is 4.79 Å². The first-order valence-corrected chi connectivity index (χ1v) is 6.53. The van der Waals surface area contributed by atoms with Crippen molar-refractivity contribution in [3.05, 3.63) is 0 Å². The van der Waals surface area contributed by atoms with E-state index in [0.717, 1.165) is 6.54 Å². The number of ether oxygens (including phenoxy) is 1. The molecule has 0 aliphatic rings. The fourth-order valence-electron chi connectivity index (χ4n) is 1.37. The van der Waals surface area contributed by atoms with E-state index in [-0.39, 0.29) is 17.0 Å². The summed E-state index contributed by atoms with van der Waals surface area (Å²) in [5, 5.41) is 6.24. The van der Waals surface area contributed by atoms with Crippen LogP contribution in [-0.4, -0.2) is 30.3 Å². The molecule has 0 aliphatic carbocycles. The Morgan fingerprint density at radius 1 is 0.944 bits per heavy atom. The first kappa shape index (κ1) is 17.2. The lowest BCUT2D eigenvalue weighted by Crippen LogP contribution is -2.52. The van der Waals surface area contributed by atoms with Crippen molar-refractivity contribution >= 4 is 6.09 Å². The van der Waals surface area contributed by atoms with Crippen molar-refractivity contribution in [2.24, 2.45) is 5.41 Å². The fourth-order valence-corrected chi connectivity index (χ4v) is 1.37. The molecule has 0 heterocycles. The van der Waals surface area contributed by atoms with Gasteiger partial charge in [-0.3, -0.25) is 0 Å². The average Bonchev–Trinajstić information content (AvgIpc) is 1.93. The van der Waals surface area contributed by atoms with Gasteiger partial charge in [-0.1, -0.05) is 20.8 Å². The van der Waals surface area contributed by atoms with Gasteiger partial charge >= 0.3 is 6.09 Å². The summed E-state index contributed by atoms with van der Waals surface area (Å²) in [6.45, 7) is 17.7. The summed E-state index contributed by atoms with van der Waals surface area (Å²) >= 11 is 0. The fraction of sp³-hybridized carbons (Fsp3) is 0.929. The highest BCUT2D eigenvalue weighted by Crippen LogP contribution is 2.12. The summed E-state index contributed by atoms with van der Waals surface area (Å²) in [7, 11) is 0. The van der Waals surface area contributed by atoms with E-state index in [4.69, 9.17) is 4.74 Å². The molecule has 0 radical (unpaired) electrons.